The summed E-state index contributed by atoms with van der Waals surface area (Å²) in [5, 5.41) is 211. The molecule has 8 saturated heterocycles. The number of ether oxygens (including phenoxy) is 14. The minimum absolute atomic E-state index is 0.0714. The molecule has 8 heterocycles. The third-order valence-corrected chi connectivity index (χ3v) is 24.6. The molecule has 12 rings (SSSR count). The number of aliphatic hydroxyl groups is 19. The average molecular weight is 1390 g/mol. The summed E-state index contributed by atoms with van der Waals surface area (Å²) in [6.45, 7) is 6.31. The molecule has 12 fully saturated rings. The zero-order chi connectivity index (χ0) is 69.1. The van der Waals surface area contributed by atoms with E-state index in [9.17, 15) is 97.0 Å². The lowest BCUT2D eigenvalue weighted by molar-refractivity contribution is -0.414. The number of aliphatic hydroxyl groups excluding tert-OH is 19. The van der Waals surface area contributed by atoms with Crippen molar-refractivity contribution in [1.29, 1.82) is 0 Å². The Labute approximate surface area is 554 Å². The van der Waals surface area contributed by atoms with Gasteiger partial charge in [-0.15, -0.1) is 0 Å². The summed E-state index contributed by atoms with van der Waals surface area (Å²) in [5.74, 6) is 1.87. The molecule has 12 aliphatic rings. The van der Waals surface area contributed by atoms with E-state index in [1.165, 1.54) is 6.92 Å². The SMILES string of the molecule is C[C@@H]1CC[C@@]2(OC1)O[C@H]1C[C@H]3[C@@H]4CC[C@H]5C[C@@H](O[C@@H]6O[C@H](CO)[C@H](O[C@@H]7O[C@H](CO)[C@@H](O)[C@H](O[C@@H]8O[C@H](CO)[C@@H](O[C@@H]9O[C@@H](C)[C@H](O)[C@@H](O)[C@H]9O)[C@H](O)[C@H]8O)[C@H]7O[C@@H]7O[C@H](CO)[C@@H](O)[C@H](O[C@@H]8O[C@H](CO)[C@@H](O)[C@H](O)[C@H]8O)[C@H]7O)[C@H](O)[C@H]6O)[C@H](O)C[C@]5(C)[C@H]4CC[C@]3(C)[C@H]1[C@@H]2C. The maximum absolute atomic E-state index is 12.2. The van der Waals surface area contributed by atoms with Crippen LogP contribution in [0.3, 0.4) is 0 Å². The lowest BCUT2D eigenvalue weighted by atomic mass is 9.44. The van der Waals surface area contributed by atoms with Crippen LogP contribution in [0.15, 0.2) is 0 Å². The molecule has 0 bridgehead atoms. The van der Waals surface area contributed by atoms with Crippen molar-refractivity contribution in [3.63, 3.8) is 0 Å². The van der Waals surface area contributed by atoms with Gasteiger partial charge in [-0.3, -0.25) is 0 Å². The standard InChI is InChI=1S/C63H104O33/c1-21-8-11-63(83-20-21)22(2)36-30(96-63)13-27-25-7-6-24-12-29(28(69)14-62(24,5)26(25)9-10-61(27,36)4)85-56-47(80)43(76)51(35(19-68)89-56)92-60-54(95-59-49(82)52(39(72)32(16-65)87-59)93-57-46(79)42(75)38(71)31(15-64)86-57)53(40(73)33(17-66)88-60)94-58-48(81)44(77)50(34(18-67)90-58)91-55-45(78)41(74)37(70)23(3)84-55/h21-60,64-82H,6-20H2,1-5H3/t21-,22+,23+,24+,25-,26+,27+,28-,29-,30+,31-,32-,33-,34-,35-,36+,37+,38-,39-,40-,41-,42+,43-,44-,45-,46-,47-,48-,49-,50-,51+,52+,53+,54-,55+,56-,57+,58+,59+,60+,61+,62+,63-/m1/s1. The van der Waals surface area contributed by atoms with Gasteiger partial charge in [0.25, 0.3) is 0 Å². The normalized spacial score (nSPS) is 57.6. The largest absolute Gasteiger partial charge is 0.394 e. The van der Waals surface area contributed by atoms with Crippen molar-refractivity contribution in [2.24, 2.45) is 52.3 Å². The molecule has 8 aliphatic heterocycles. The van der Waals surface area contributed by atoms with E-state index in [0.29, 0.717) is 49.0 Å². The zero-order valence-electron chi connectivity index (χ0n) is 54.4. The fraction of sp³-hybridized carbons (Fsp3) is 1.00. The Morgan fingerprint density at radius 1 is 0.396 bits per heavy atom. The first-order valence-electron chi connectivity index (χ1n) is 34.3. The van der Waals surface area contributed by atoms with Gasteiger partial charge in [0.2, 0.25) is 0 Å². The first kappa shape index (κ1) is 74.4. The molecule has 33 heteroatoms. The quantitative estimate of drug-likeness (QED) is 0.0602. The Balaban J connectivity index is 0.770. The summed E-state index contributed by atoms with van der Waals surface area (Å²) < 4.78 is 85.4. The second-order valence-electron chi connectivity index (χ2n) is 30.1. The topological polar surface area (TPSA) is 514 Å². The van der Waals surface area contributed by atoms with E-state index >= 15 is 0 Å². The summed E-state index contributed by atoms with van der Waals surface area (Å²) in [6.07, 6.45) is -52.2. The van der Waals surface area contributed by atoms with Crippen LogP contribution < -0.4 is 0 Å². The number of rotatable bonds is 17. The second-order valence-corrected chi connectivity index (χ2v) is 30.1. The maximum Gasteiger partial charge on any atom is 0.187 e. The minimum atomic E-state index is -2.30. The van der Waals surface area contributed by atoms with E-state index in [4.69, 9.17) is 66.3 Å². The molecule has 19 N–H and O–H groups in total. The van der Waals surface area contributed by atoms with Crippen LogP contribution in [0.5, 0.6) is 0 Å². The van der Waals surface area contributed by atoms with E-state index in [-0.39, 0.29) is 28.8 Å². The zero-order valence-corrected chi connectivity index (χ0v) is 54.4. The third-order valence-electron chi connectivity index (χ3n) is 24.6. The fourth-order valence-electron chi connectivity index (χ4n) is 19.1. The molecule has 0 aromatic heterocycles. The summed E-state index contributed by atoms with van der Waals surface area (Å²) in [7, 11) is 0. The maximum atomic E-state index is 12.2. The van der Waals surface area contributed by atoms with Gasteiger partial charge >= 0.3 is 0 Å². The fourth-order valence-corrected chi connectivity index (χ4v) is 19.1. The van der Waals surface area contributed by atoms with Gasteiger partial charge in [0.15, 0.2) is 43.5 Å². The summed E-state index contributed by atoms with van der Waals surface area (Å²) >= 11 is 0. The van der Waals surface area contributed by atoms with Crippen LogP contribution >= 0.6 is 0 Å². The molecule has 4 aliphatic carbocycles. The molecular weight excluding hydrogens is 1280 g/mol. The van der Waals surface area contributed by atoms with Crippen LogP contribution in [0.4, 0.5) is 0 Å². The van der Waals surface area contributed by atoms with Gasteiger partial charge in [-0.25, -0.2) is 0 Å². The van der Waals surface area contributed by atoms with Gasteiger partial charge in [0, 0.05) is 12.3 Å². The first-order valence-corrected chi connectivity index (χ1v) is 34.3. The highest BCUT2D eigenvalue weighted by Crippen LogP contribution is 2.71. The van der Waals surface area contributed by atoms with Gasteiger partial charge in [-0.1, -0.05) is 27.7 Å². The Morgan fingerprint density at radius 2 is 0.875 bits per heavy atom. The highest BCUT2D eigenvalue weighted by Gasteiger charge is 2.70. The number of hydrogen-bond acceptors (Lipinski definition) is 33. The molecule has 0 radical (unpaired) electrons. The van der Waals surface area contributed by atoms with Crippen LogP contribution in [0, 0.1) is 52.3 Å². The van der Waals surface area contributed by atoms with Crippen molar-refractivity contribution in [3.8, 4) is 0 Å². The Hall–Kier alpha value is -1.32. The molecule has 554 valence electrons. The van der Waals surface area contributed by atoms with E-state index in [0.717, 1.165) is 44.9 Å². The molecule has 0 aromatic rings. The van der Waals surface area contributed by atoms with Gasteiger partial charge in [0.05, 0.1) is 64.1 Å². The molecule has 0 aromatic carbocycles. The molecule has 0 amide bonds. The second kappa shape index (κ2) is 29.3. The lowest BCUT2D eigenvalue weighted by Gasteiger charge is -2.62. The molecule has 43 atom stereocenters. The Kier molecular flexibility index (Phi) is 22.7. The van der Waals surface area contributed by atoms with Crippen molar-refractivity contribution in [3.05, 3.63) is 0 Å². The van der Waals surface area contributed by atoms with Crippen molar-refractivity contribution in [2.45, 2.75) is 301 Å². The molecule has 1 spiro atoms. The third kappa shape index (κ3) is 13.1. The lowest BCUT2D eigenvalue weighted by Crippen LogP contribution is -2.69. The molecule has 0 unspecified atom stereocenters. The minimum Gasteiger partial charge on any atom is -0.394 e. The predicted molar refractivity (Wildman–Crippen MR) is 314 cm³/mol. The summed E-state index contributed by atoms with van der Waals surface area (Å²) in [4.78, 5) is 0. The van der Waals surface area contributed by atoms with Crippen molar-refractivity contribution in [2.75, 3.05) is 39.6 Å². The van der Waals surface area contributed by atoms with Gasteiger partial charge < -0.3 is 163 Å². The van der Waals surface area contributed by atoms with Gasteiger partial charge in [-0.05, 0) is 105 Å². The van der Waals surface area contributed by atoms with Crippen LogP contribution in [0.1, 0.15) is 92.4 Å². The number of hydrogen-bond donors (Lipinski definition) is 19. The van der Waals surface area contributed by atoms with E-state index in [1.807, 2.05) is 0 Å². The van der Waals surface area contributed by atoms with Crippen LogP contribution in [-0.4, -0.2) is 345 Å². The highest BCUT2D eigenvalue weighted by molar-refractivity contribution is 5.16. The molecule has 33 nitrogen and oxygen atoms in total. The summed E-state index contributed by atoms with van der Waals surface area (Å²) in [5.41, 5.74) is -0.198. The van der Waals surface area contributed by atoms with Crippen molar-refractivity contribution < 1.29 is 163 Å². The van der Waals surface area contributed by atoms with Crippen molar-refractivity contribution in [1.82, 2.24) is 0 Å². The smallest absolute Gasteiger partial charge is 0.187 e. The Bertz CT molecular complexity index is 2540. The average Bonchev–Trinajstić information content (AvgIpc) is 1.50. The van der Waals surface area contributed by atoms with Gasteiger partial charge in [-0.2, -0.15) is 0 Å². The predicted octanol–water partition coefficient (Wildman–Crippen LogP) is -7.26. The van der Waals surface area contributed by atoms with E-state index in [1.54, 1.807) is 0 Å². The summed E-state index contributed by atoms with van der Waals surface area (Å²) in [6, 6.07) is 0. The van der Waals surface area contributed by atoms with Gasteiger partial charge in [0.1, 0.15) is 140 Å². The molecule has 4 saturated carbocycles. The van der Waals surface area contributed by atoms with E-state index in [2.05, 4.69) is 27.7 Å². The monoisotopic (exact) mass is 1390 g/mol. The van der Waals surface area contributed by atoms with Crippen LogP contribution in [-0.2, 0) is 66.3 Å². The highest BCUT2D eigenvalue weighted by atomic mass is 16.8. The van der Waals surface area contributed by atoms with E-state index < -0.39 is 235 Å². The van der Waals surface area contributed by atoms with Crippen LogP contribution in [0.2, 0.25) is 0 Å². The first-order chi connectivity index (χ1) is 45.6. The molecular formula is C63H104O33. The van der Waals surface area contributed by atoms with Crippen molar-refractivity contribution >= 4 is 0 Å². The molecule has 96 heavy (non-hydrogen) atoms. The Morgan fingerprint density at radius 3 is 1.46 bits per heavy atom. The van der Waals surface area contributed by atoms with Crippen LogP contribution in [0.25, 0.3) is 0 Å². The number of fused-ring (bicyclic) bond motifs is 7.